The van der Waals surface area contributed by atoms with Gasteiger partial charge in [-0.2, -0.15) is 0 Å². The highest BCUT2D eigenvalue weighted by Crippen LogP contribution is 2.24. The van der Waals surface area contributed by atoms with E-state index in [-0.39, 0.29) is 5.43 Å². The standard InChI is InChI=1S/C18H15ClO3/c19-9-4-10-21-14-7-8-15-16(20)12-17(22-18(15)11-14)13-5-2-1-3-6-13/h1-3,5-8,11-12H,4,9-10H2. The van der Waals surface area contributed by atoms with E-state index in [0.29, 0.717) is 35.0 Å². The molecule has 0 aliphatic rings. The van der Waals surface area contributed by atoms with Crippen LogP contribution in [0.25, 0.3) is 22.3 Å². The van der Waals surface area contributed by atoms with E-state index < -0.39 is 0 Å². The van der Waals surface area contributed by atoms with Crippen LogP contribution in [-0.4, -0.2) is 12.5 Å². The van der Waals surface area contributed by atoms with Crippen LogP contribution < -0.4 is 10.2 Å². The van der Waals surface area contributed by atoms with Crippen molar-refractivity contribution in [3.63, 3.8) is 0 Å². The Balaban J connectivity index is 2.01. The van der Waals surface area contributed by atoms with Gasteiger partial charge in [0.1, 0.15) is 17.1 Å². The fourth-order valence-electron chi connectivity index (χ4n) is 2.21. The molecular weight excluding hydrogens is 300 g/mol. The SMILES string of the molecule is O=c1cc(-c2ccccc2)oc2cc(OCCCCl)ccc12. The number of fused-ring (bicyclic) bond motifs is 1. The number of hydrogen-bond donors (Lipinski definition) is 0. The summed E-state index contributed by atoms with van der Waals surface area (Å²) in [5.41, 5.74) is 1.33. The number of rotatable bonds is 5. The van der Waals surface area contributed by atoms with Gasteiger partial charge in [-0.25, -0.2) is 0 Å². The maximum Gasteiger partial charge on any atom is 0.193 e. The normalized spacial score (nSPS) is 10.8. The summed E-state index contributed by atoms with van der Waals surface area (Å²) < 4.78 is 11.5. The maximum atomic E-state index is 12.2. The number of benzene rings is 2. The van der Waals surface area contributed by atoms with Crippen molar-refractivity contribution in [1.82, 2.24) is 0 Å². The molecule has 0 spiro atoms. The van der Waals surface area contributed by atoms with Crippen LogP contribution in [0.3, 0.4) is 0 Å². The maximum absolute atomic E-state index is 12.2. The highest BCUT2D eigenvalue weighted by molar-refractivity contribution is 6.17. The monoisotopic (exact) mass is 314 g/mol. The zero-order valence-electron chi connectivity index (χ0n) is 11.9. The van der Waals surface area contributed by atoms with Gasteiger partial charge in [0, 0.05) is 23.6 Å². The van der Waals surface area contributed by atoms with Crippen LogP contribution in [0.1, 0.15) is 6.42 Å². The van der Waals surface area contributed by atoms with E-state index in [4.69, 9.17) is 20.8 Å². The molecule has 0 saturated heterocycles. The molecule has 2 aromatic carbocycles. The zero-order chi connectivity index (χ0) is 15.4. The van der Waals surface area contributed by atoms with Gasteiger partial charge in [0.2, 0.25) is 0 Å². The Bertz CT molecular complexity index is 825. The summed E-state index contributed by atoms with van der Waals surface area (Å²) in [4.78, 5) is 12.2. The molecule has 1 aromatic heterocycles. The van der Waals surface area contributed by atoms with Crippen molar-refractivity contribution in [3.05, 3.63) is 64.8 Å². The van der Waals surface area contributed by atoms with Gasteiger partial charge in [0.05, 0.1) is 12.0 Å². The highest BCUT2D eigenvalue weighted by Gasteiger charge is 2.08. The van der Waals surface area contributed by atoms with Gasteiger partial charge < -0.3 is 9.15 Å². The Morgan fingerprint density at radius 1 is 1.05 bits per heavy atom. The molecule has 3 aromatic rings. The fourth-order valence-corrected chi connectivity index (χ4v) is 2.32. The van der Waals surface area contributed by atoms with Gasteiger partial charge >= 0.3 is 0 Å². The summed E-state index contributed by atoms with van der Waals surface area (Å²) in [5, 5.41) is 0.546. The molecule has 0 aliphatic carbocycles. The van der Waals surface area contributed by atoms with Crippen LogP contribution in [0.5, 0.6) is 5.75 Å². The highest BCUT2D eigenvalue weighted by atomic mass is 35.5. The molecule has 0 fully saturated rings. The van der Waals surface area contributed by atoms with Gasteiger partial charge in [-0.05, 0) is 18.6 Å². The van der Waals surface area contributed by atoms with Gasteiger partial charge in [0.25, 0.3) is 0 Å². The summed E-state index contributed by atoms with van der Waals surface area (Å²) in [6.45, 7) is 0.539. The molecule has 1 heterocycles. The molecule has 0 atom stereocenters. The van der Waals surface area contributed by atoms with Gasteiger partial charge in [-0.15, -0.1) is 11.6 Å². The number of ether oxygens (including phenoxy) is 1. The van der Waals surface area contributed by atoms with Crippen molar-refractivity contribution in [3.8, 4) is 17.1 Å². The summed E-state index contributed by atoms with van der Waals surface area (Å²) in [6.07, 6.45) is 0.771. The minimum Gasteiger partial charge on any atom is -0.493 e. The molecule has 0 saturated carbocycles. The minimum atomic E-state index is -0.0626. The second-order valence-corrected chi connectivity index (χ2v) is 5.27. The molecule has 112 valence electrons. The molecule has 22 heavy (non-hydrogen) atoms. The lowest BCUT2D eigenvalue weighted by Crippen LogP contribution is -2.02. The second-order valence-electron chi connectivity index (χ2n) is 4.89. The first-order chi connectivity index (χ1) is 10.8. The van der Waals surface area contributed by atoms with Crippen LogP contribution in [0, 0.1) is 0 Å². The molecule has 0 amide bonds. The van der Waals surface area contributed by atoms with E-state index in [1.54, 1.807) is 18.2 Å². The third-order valence-corrected chi connectivity index (χ3v) is 3.57. The van der Waals surface area contributed by atoms with Gasteiger partial charge in [-0.3, -0.25) is 4.79 Å². The Kier molecular flexibility index (Phi) is 4.45. The largest absolute Gasteiger partial charge is 0.493 e. The fraction of sp³-hybridized carbons (Fsp3) is 0.167. The summed E-state index contributed by atoms with van der Waals surface area (Å²) in [7, 11) is 0. The van der Waals surface area contributed by atoms with Crippen molar-refractivity contribution in [2.24, 2.45) is 0 Å². The van der Waals surface area contributed by atoms with Crippen LogP contribution in [0.2, 0.25) is 0 Å². The predicted octanol–water partition coefficient (Wildman–Crippen LogP) is 4.47. The van der Waals surface area contributed by atoms with Crippen molar-refractivity contribution in [1.29, 1.82) is 0 Å². The van der Waals surface area contributed by atoms with Crippen molar-refractivity contribution < 1.29 is 9.15 Å². The lowest BCUT2D eigenvalue weighted by Gasteiger charge is -2.07. The second kappa shape index (κ2) is 6.67. The first kappa shape index (κ1) is 14.7. The summed E-state index contributed by atoms with van der Waals surface area (Å²) >= 11 is 5.63. The van der Waals surface area contributed by atoms with E-state index in [1.807, 2.05) is 30.3 Å². The Morgan fingerprint density at radius 3 is 2.64 bits per heavy atom. The number of alkyl halides is 1. The van der Waals surface area contributed by atoms with E-state index in [9.17, 15) is 4.79 Å². The lowest BCUT2D eigenvalue weighted by atomic mass is 10.1. The quantitative estimate of drug-likeness (QED) is 0.515. The summed E-state index contributed by atoms with van der Waals surface area (Å²) in [5.74, 6) is 1.78. The van der Waals surface area contributed by atoms with E-state index >= 15 is 0 Å². The Labute approximate surface area is 133 Å². The molecule has 0 radical (unpaired) electrons. The first-order valence-corrected chi connectivity index (χ1v) is 7.63. The molecular formula is C18H15ClO3. The number of hydrogen-bond acceptors (Lipinski definition) is 3. The van der Waals surface area contributed by atoms with Crippen molar-refractivity contribution >= 4 is 22.6 Å². The average Bonchev–Trinajstić information content (AvgIpc) is 2.55. The third kappa shape index (κ3) is 3.15. The minimum absolute atomic E-state index is 0.0626. The van der Waals surface area contributed by atoms with Gasteiger partial charge in [-0.1, -0.05) is 30.3 Å². The Hall–Kier alpha value is -2.26. The first-order valence-electron chi connectivity index (χ1n) is 7.10. The van der Waals surface area contributed by atoms with Crippen LogP contribution >= 0.6 is 11.6 Å². The van der Waals surface area contributed by atoms with Crippen molar-refractivity contribution in [2.45, 2.75) is 6.42 Å². The average molecular weight is 315 g/mol. The summed E-state index contributed by atoms with van der Waals surface area (Å²) in [6, 6.07) is 16.3. The number of halogens is 1. The van der Waals surface area contributed by atoms with E-state index in [1.165, 1.54) is 6.07 Å². The molecule has 0 N–H and O–H groups in total. The molecule has 3 nitrogen and oxygen atoms in total. The van der Waals surface area contributed by atoms with Crippen LogP contribution in [0.4, 0.5) is 0 Å². The van der Waals surface area contributed by atoms with E-state index in [0.717, 1.165) is 12.0 Å². The molecule has 0 unspecified atom stereocenters. The molecule has 4 heteroatoms. The molecule has 3 rings (SSSR count). The van der Waals surface area contributed by atoms with Gasteiger partial charge in [0.15, 0.2) is 5.43 Å². The van der Waals surface area contributed by atoms with Crippen LogP contribution in [0.15, 0.2) is 63.8 Å². The third-order valence-electron chi connectivity index (χ3n) is 3.31. The van der Waals surface area contributed by atoms with E-state index in [2.05, 4.69) is 0 Å². The zero-order valence-corrected chi connectivity index (χ0v) is 12.7. The van der Waals surface area contributed by atoms with Crippen LogP contribution in [-0.2, 0) is 0 Å². The topological polar surface area (TPSA) is 39.4 Å². The molecule has 0 bridgehead atoms. The predicted molar refractivity (Wildman–Crippen MR) is 88.8 cm³/mol. The lowest BCUT2D eigenvalue weighted by molar-refractivity contribution is 0.318. The smallest absolute Gasteiger partial charge is 0.193 e. The van der Waals surface area contributed by atoms with Crippen molar-refractivity contribution in [2.75, 3.05) is 12.5 Å². The Morgan fingerprint density at radius 2 is 1.86 bits per heavy atom. The molecule has 0 aliphatic heterocycles.